The Morgan fingerprint density at radius 3 is 2.44 bits per heavy atom. The highest BCUT2D eigenvalue weighted by Crippen LogP contribution is 2.20. The summed E-state index contributed by atoms with van der Waals surface area (Å²) in [6.07, 6.45) is 1.76. The van der Waals surface area contributed by atoms with Gasteiger partial charge in [-0.05, 0) is 31.5 Å². The fraction of sp³-hybridized carbons (Fsp3) is 0.267. The number of aromatic nitrogens is 1. The van der Waals surface area contributed by atoms with Crippen molar-refractivity contribution in [2.45, 2.75) is 25.4 Å². The van der Waals surface area contributed by atoms with Crippen molar-refractivity contribution in [3.05, 3.63) is 63.9 Å². The van der Waals surface area contributed by atoms with E-state index < -0.39 is 0 Å². The van der Waals surface area contributed by atoms with Crippen LogP contribution in [0.4, 0.5) is 0 Å². The van der Waals surface area contributed by atoms with Crippen LogP contribution in [0.3, 0.4) is 0 Å². The summed E-state index contributed by atoms with van der Waals surface area (Å²) >= 11 is 7.80. The maximum Gasteiger partial charge on any atom is 0.0517 e. The van der Waals surface area contributed by atoms with Crippen LogP contribution in [-0.2, 0) is 11.5 Å². The van der Waals surface area contributed by atoms with Crippen LogP contribution < -0.4 is 0 Å². The molecule has 1 aromatic carbocycles. The predicted octanol–water partition coefficient (Wildman–Crippen LogP) is 4.79. The number of aryl methyl sites for hydroxylation is 2. The van der Waals surface area contributed by atoms with E-state index in [0.717, 1.165) is 22.2 Å². The average molecular weight is 278 g/mol. The molecule has 0 N–H and O–H groups in total. The van der Waals surface area contributed by atoms with Gasteiger partial charge >= 0.3 is 0 Å². The Hall–Kier alpha value is -0.990. The monoisotopic (exact) mass is 277 g/mol. The SMILES string of the molecule is Cc1cc(C)cc(CSCc2cc(Cl)ccn2)c1. The summed E-state index contributed by atoms with van der Waals surface area (Å²) in [5, 5.41) is 0.756. The second-order valence-corrected chi connectivity index (χ2v) is 5.88. The normalized spacial score (nSPS) is 10.6. The lowest BCUT2D eigenvalue weighted by molar-refractivity contribution is 1.17. The van der Waals surface area contributed by atoms with Gasteiger partial charge in [-0.2, -0.15) is 11.8 Å². The fourth-order valence-electron chi connectivity index (χ4n) is 1.95. The van der Waals surface area contributed by atoms with Gasteiger partial charge in [0.2, 0.25) is 0 Å². The Balaban J connectivity index is 1.92. The maximum atomic E-state index is 5.93. The van der Waals surface area contributed by atoms with E-state index >= 15 is 0 Å². The first-order chi connectivity index (χ1) is 8.63. The summed E-state index contributed by atoms with van der Waals surface area (Å²) in [5.74, 6) is 1.91. The zero-order valence-corrected chi connectivity index (χ0v) is 12.2. The Morgan fingerprint density at radius 2 is 1.78 bits per heavy atom. The summed E-state index contributed by atoms with van der Waals surface area (Å²) < 4.78 is 0. The third kappa shape index (κ3) is 4.04. The van der Waals surface area contributed by atoms with Gasteiger partial charge in [0.1, 0.15) is 0 Å². The molecule has 0 amide bonds. The summed E-state index contributed by atoms with van der Waals surface area (Å²) in [6, 6.07) is 10.4. The summed E-state index contributed by atoms with van der Waals surface area (Å²) in [7, 11) is 0. The van der Waals surface area contributed by atoms with E-state index in [1.165, 1.54) is 16.7 Å². The number of nitrogens with zero attached hydrogens (tertiary/aromatic N) is 1. The molecule has 0 fully saturated rings. The largest absolute Gasteiger partial charge is 0.260 e. The highest BCUT2D eigenvalue weighted by Gasteiger charge is 1.99. The van der Waals surface area contributed by atoms with Crippen molar-refractivity contribution in [3.63, 3.8) is 0 Å². The van der Waals surface area contributed by atoms with Crippen molar-refractivity contribution in [1.29, 1.82) is 0 Å². The second-order valence-electron chi connectivity index (χ2n) is 4.45. The number of benzene rings is 1. The molecule has 1 heterocycles. The van der Waals surface area contributed by atoms with E-state index in [1.54, 1.807) is 12.3 Å². The van der Waals surface area contributed by atoms with E-state index in [-0.39, 0.29) is 0 Å². The van der Waals surface area contributed by atoms with Crippen LogP contribution in [0, 0.1) is 13.8 Å². The van der Waals surface area contributed by atoms with Gasteiger partial charge in [0, 0.05) is 22.7 Å². The molecule has 94 valence electrons. The van der Waals surface area contributed by atoms with Gasteiger partial charge in [0.25, 0.3) is 0 Å². The van der Waals surface area contributed by atoms with E-state index in [4.69, 9.17) is 11.6 Å². The van der Waals surface area contributed by atoms with Crippen LogP contribution in [-0.4, -0.2) is 4.98 Å². The van der Waals surface area contributed by atoms with Gasteiger partial charge in [-0.3, -0.25) is 4.98 Å². The van der Waals surface area contributed by atoms with Gasteiger partial charge in [-0.1, -0.05) is 40.9 Å². The standard InChI is InChI=1S/C15H16ClNS/c1-11-5-12(2)7-13(6-11)9-18-10-15-8-14(16)3-4-17-15/h3-8H,9-10H2,1-2H3. The number of hydrogen-bond acceptors (Lipinski definition) is 2. The molecule has 0 unspecified atom stereocenters. The molecule has 2 aromatic rings. The molecule has 2 rings (SSSR count). The fourth-order valence-corrected chi connectivity index (χ4v) is 3.01. The maximum absolute atomic E-state index is 5.93. The highest BCUT2D eigenvalue weighted by molar-refractivity contribution is 7.97. The smallest absolute Gasteiger partial charge is 0.0517 e. The first kappa shape index (κ1) is 13.4. The topological polar surface area (TPSA) is 12.9 Å². The molecule has 3 heteroatoms. The molecule has 0 radical (unpaired) electrons. The highest BCUT2D eigenvalue weighted by atomic mass is 35.5. The third-order valence-corrected chi connectivity index (χ3v) is 3.85. The molecule has 1 aromatic heterocycles. The van der Waals surface area contributed by atoms with Crippen LogP contribution in [0.5, 0.6) is 0 Å². The molecule has 0 bridgehead atoms. The molecule has 0 saturated carbocycles. The molecule has 1 nitrogen and oxygen atoms in total. The molecule has 0 aliphatic heterocycles. The van der Waals surface area contributed by atoms with Crippen molar-refractivity contribution < 1.29 is 0 Å². The number of hydrogen-bond donors (Lipinski definition) is 0. The number of thioether (sulfide) groups is 1. The van der Waals surface area contributed by atoms with E-state index in [9.17, 15) is 0 Å². The number of pyridine rings is 1. The van der Waals surface area contributed by atoms with Crippen LogP contribution in [0.2, 0.25) is 5.02 Å². The quantitative estimate of drug-likeness (QED) is 0.797. The Morgan fingerprint density at radius 1 is 1.06 bits per heavy atom. The lowest BCUT2D eigenvalue weighted by Gasteiger charge is -2.05. The van der Waals surface area contributed by atoms with Crippen molar-refractivity contribution >= 4 is 23.4 Å². The molecular weight excluding hydrogens is 262 g/mol. The molecular formula is C15H16ClNS. The van der Waals surface area contributed by atoms with Gasteiger partial charge in [-0.15, -0.1) is 0 Å². The third-order valence-electron chi connectivity index (χ3n) is 2.58. The number of halogens is 1. The Kier molecular flexibility index (Phi) is 4.67. The molecule has 18 heavy (non-hydrogen) atoms. The van der Waals surface area contributed by atoms with Crippen LogP contribution in [0.15, 0.2) is 36.5 Å². The zero-order chi connectivity index (χ0) is 13.0. The minimum Gasteiger partial charge on any atom is -0.260 e. The Bertz CT molecular complexity index is 520. The Labute approximate surface area is 118 Å². The van der Waals surface area contributed by atoms with E-state index in [2.05, 4.69) is 37.0 Å². The molecule has 0 aliphatic rings. The zero-order valence-electron chi connectivity index (χ0n) is 10.6. The molecule has 0 aliphatic carbocycles. The van der Waals surface area contributed by atoms with Crippen molar-refractivity contribution in [3.8, 4) is 0 Å². The summed E-state index contributed by atoms with van der Waals surface area (Å²) in [4.78, 5) is 4.30. The van der Waals surface area contributed by atoms with Crippen molar-refractivity contribution in [1.82, 2.24) is 4.98 Å². The predicted molar refractivity (Wildman–Crippen MR) is 80.2 cm³/mol. The number of rotatable bonds is 4. The first-order valence-corrected chi connectivity index (χ1v) is 7.42. The van der Waals surface area contributed by atoms with Gasteiger partial charge in [0.05, 0.1) is 5.69 Å². The molecule has 0 atom stereocenters. The van der Waals surface area contributed by atoms with Crippen LogP contribution in [0.25, 0.3) is 0 Å². The van der Waals surface area contributed by atoms with Gasteiger partial charge < -0.3 is 0 Å². The van der Waals surface area contributed by atoms with Crippen molar-refractivity contribution in [2.75, 3.05) is 0 Å². The lowest BCUT2D eigenvalue weighted by Crippen LogP contribution is -1.88. The first-order valence-electron chi connectivity index (χ1n) is 5.89. The van der Waals surface area contributed by atoms with Crippen molar-refractivity contribution in [2.24, 2.45) is 0 Å². The minimum absolute atomic E-state index is 0.756. The minimum atomic E-state index is 0.756. The average Bonchev–Trinajstić information content (AvgIpc) is 2.27. The summed E-state index contributed by atoms with van der Waals surface area (Å²) in [5.41, 5.74) is 5.06. The van der Waals surface area contributed by atoms with Gasteiger partial charge in [-0.25, -0.2) is 0 Å². The lowest BCUT2D eigenvalue weighted by atomic mass is 10.1. The van der Waals surface area contributed by atoms with Gasteiger partial charge in [0.15, 0.2) is 0 Å². The summed E-state index contributed by atoms with van der Waals surface area (Å²) in [6.45, 7) is 4.28. The molecule has 0 spiro atoms. The van der Waals surface area contributed by atoms with Crippen LogP contribution in [0.1, 0.15) is 22.4 Å². The van der Waals surface area contributed by atoms with Crippen LogP contribution >= 0.6 is 23.4 Å². The second kappa shape index (κ2) is 6.26. The van der Waals surface area contributed by atoms with E-state index in [0.29, 0.717) is 0 Å². The molecule has 0 saturated heterocycles. The van der Waals surface area contributed by atoms with E-state index in [1.807, 2.05) is 17.8 Å².